The van der Waals surface area contributed by atoms with E-state index in [9.17, 15) is 14.4 Å². The van der Waals surface area contributed by atoms with Crippen LogP contribution in [0.15, 0.2) is 78.9 Å². The summed E-state index contributed by atoms with van der Waals surface area (Å²) in [7, 11) is 0. The number of rotatable bonds is 9. The molecule has 0 heterocycles. The van der Waals surface area contributed by atoms with Gasteiger partial charge in [0.2, 0.25) is 5.91 Å². The van der Waals surface area contributed by atoms with E-state index in [0.717, 1.165) is 11.1 Å². The topological polar surface area (TPSA) is 146 Å². The second-order valence-electron chi connectivity index (χ2n) is 8.33. The van der Waals surface area contributed by atoms with Crippen molar-refractivity contribution in [1.29, 1.82) is 0 Å². The highest BCUT2D eigenvalue weighted by Crippen LogP contribution is 2.10. The smallest absolute Gasteiger partial charge is 0.267 e. The van der Waals surface area contributed by atoms with Crippen molar-refractivity contribution in [1.82, 2.24) is 16.1 Å². The molecule has 3 rings (SSSR count). The predicted octanol–water partition coefficient (Wildman–Crippen LogP) is 2.40. The van der Waals surface area contributed by atoms with Gasteiger partial charge in [-0.05, 0) is 61.0 Å². The number of anilines is 1. The van der Waals surface area contributed by atoms with Crippen LogP contribution in [0.25, 0.3) is 0 Å². The van der Waals surface area contributed by atoms with Gasteiger partial charge in [0.25, 0.3) is 11.8 Å². The third-order valence-corrected chi connectivity index (χ3v) is 5.33. The van der Waals surface area contributed by atoms with Gasteiger partial charge < -0.3 is 21.7 Å². The van der Waals surface area contributed by atoms with Gasteiger partial charge in [0.05, 0.1) is 6.54 Å². The number of hydrogen-bond acceptors (Lipinski definition) is 6. The molecule has 9 nitrogen and oxygen atoms in total. The first-order valence-corrected chi connectivity index (χ1v) is 11.6. The van der Waals surface area contributed by atoms with Gasteiger partial charge in [-0.1, -0.05) is 49.6 Å². The van der Waals surface area contributed by atoms with E-state index in [0.29, 0.717) is 23.4 Å². The monoisotopic (exact) mass is 515 g/mol. The molecule has 2 atom stereocenters. The van der Waals surface area contributed by atoms with Crippen LogP contribution in [0.2, 0.25) is 0 Å². The fourth-order valence-corrected chi connectivity index (χ4v) is 3.34. The normalized spacial score (nSPS) is 11.6. The molecule has 198 valence electrons. The average molecular weight is 516 g/mol. The SMILES string of the molecule is C.C[C@@H](N)[C@H](NC(=O)c1ccc(C#Cc2ccc(NC(=O)CNCc3ccccc3)cc2)cc1)C(=O)NO. The molecule has 0 aliphatic rings. The summed E-state index contributed by atoms with van der Waals surface area (Å²) in [6, 6.07) is 21.8. The average Bonchev–Trinajstić information content (AvgIpc) is 2.91. The third-order valence-electron chi connectivity index (χ3n) is 5.33. The molecule has 0 aliphatic carbocycles. The fourth-order valence-electron chi connectivity index (χ4n) is 3.34. The van der Waals surface area contributed by atoms with Crippen LogP contribution in [0.4, 0.5) is 5.69 Å². The molecule has 0 unspecified atom stereocenters. The lowest BCUT2D eigenvalue weighted by Crippen LogP contribution is -2.54. The number of hydroxylamine groups is 1. The lowest BCUT2D eigenvalue weighted by Gasteiger charge is -2.20. The van der Waals surface area contributed by atoms with E-state index >= 15 is 0 Å². The van der Waals surface area contributed by atoms with Crippen molar-refractivity contribution >= 4 is 23.4 Å². The van der Waals surface area contributed by atoms with Crippen LogP contribution in [-0.2, 0) is 16.1 Å². The molecule has 9 heteroatoms. The molecule has 3 amide bonds. The number of hydrogen-bond donors (Lipinski definition) is 6. The minimum absolute atomic E-state index is 0. The molecule has 0 aromatic heterocycles. The van der Waals surface area contributed by atoms with Gasteiger partial charge in [-0.25, -0.2) is 5.48 Å². The van der Waals surface area contributed by atoms with E-state index in [4.69, 9.17) is 10.9 Å². The predicted molar refractivity (Wildman–Crippen MR) is 147 cm³/mol. The van der Waals surface area contributed by atoms with Gasteiger partial charge in [-0.2, -0.15) is 0 Å². The molecule has 3 aromatic carbocycles. The van der Waals surface area contributed by atoms with Gasteiger partial charge in [0, 0.05) is 35.0 Å². The standard InChI is InChI=1S/C28H29N5O4.CH4/c1-19(29)26(28(36)33-37)32-27(35)23-13-9-20(10-14-23)7-8-21-11-15-24(16-12-21)31-25(34)18-30-17-22-5-3-2-4-6-22;/h2-6,9-16,19,26,30,37H,17-18,29H2,1H3,(H,31,34)(H,32,35)(H,33,36);1H4/t19-,26+;/m1./s1. The Morgan fingerprint density at radius 3 is 2.03 bits per heavy atom. The van der Waals surface area contributed by atoms with Crippen LogP contribution in [0.3, 0.4) is 0 Å². The summed E-state index contributed by atoms with van der Waals surface area (Å²) in [5.41, 5.74) is 10.8. The van der Waals surface area contributed by atoms with Gasteiger partial charge >= 0.3 is 0 Å². The van der Waals surface area contributed by atoms with E-state index in [1.54, 1.807) is 43.3 Å². The Labute approximate surface area is 222 Å². The quantitative estimate of drug-likeness (QED) is 0.147. The first-order chi connectivity index (χ1) is 17.9. The molecule has 3 aromatic rings. The molecular weight excluding hydrogens is 482 g/mol. The molecule has 0 spiro atoms. The molecule has 0 saturated heterocycles. The minimum atomic E-state index is -1.07. The summed E-state index contributed by atoms with van der Waals surface area (Å²) in [4.78, 5) is 36.2. The molecule has 7 N–H and O–H groups in total. The number of carbonyl (C=O) groups excluding carboxylic acids is 3. The molecule has 0 aliphatic heterocycles. The van der Waals surface area contributed by atoms with Crippen molar-refractivity contribution in [3.8, 4) is 11.8 Å². The Hall–Kier alpha value is -4.49. The third kappa shape index (κ3) is 9.19. The summed E-state index contributed by atoms with van der Waals surface area (Å²) in [6.45, 7) is 2.36. The molecule has 0 fully saturated rings. The van der Waals surface area contributed by atoms with Crippen molar-refractivity contribution in [2.45, 2.75) is 33.0 Å². The first-order valence-electron chi connectivity index (χ1n) is 11.6. The van der Waals surface area contributed by atoms with Crippen molar-refractivity contribution in [2.24, 2.45) is 5.73 Å². The van der Waals surface area contributed by atoms with Gasteiger partial charge in [-0.15, -0.1) is 0 Å². The second-order valence-corrected chi connectivity index (χ2v) is 8.33. The first kappa shape index (κ1) is 29.7. The van der Waals surface area contributed by atoms with Crippen molar-refractivity contribution < 1.29 is 19.6 Å². The van der Waals surface area contributed by atoms with E-state index in [2.05, 4.69) is 27.8 Å². The van der Waals surface area contributed by atoms with Crippen LogP contribution in [-0.4, -0.2) is 41.6 Å². The van der Waals surface area contributed by atoms with E-state index in [1.165, 1.54) is 5.48 Å². The van der Waals surface area contributed by atoms with Gasteiger partial charge in [-0.3, -0.25) is 19.6 Å². The number of benzene rings is 3. The molecule has 38 heavy (non-hydrogen) atoms. The Kier molecular flexibility index (Phi) is 11.7. The Morgan fingerprint density at radius 2 is 1.47 bits per heavy atom. The van der Waals surface area contributed by atoms with Crippen LogP contribution >= 0.6 is 0 Å². The van der Waals surface area contributed by atoms with Crippen LogP contribution < -0.4 is 27.2 Å². The minimum Gasteiger partial charge on any atom is -0.339 e. The van der Waals surface area contributed by atoms with Crippen molar-refractivity contribution in [2.75, 3.05) is 11.9 Å². The highest BCUT2D eigenvalue weighted by atomic mass is 16.5. The lowest BCUT2D eigenvalue weighted by atomic mass is 10.1. The fraction of sp³-hybridized carbons (Fsp3) is 0.207. The zero-order valence-electron chi connectivity index (χ0n) is 20.3. The summed E-state index contributed by atoms with van der Waals surface area (Å²) in [6.07, 6.45) is 0. The zero-order valence-corrected chi connectivity index (χ0v) is 20.3. The highest BCUT2D eigenvalue weighted by Gasteiger charge is 2.24. The largest absolute Gasteiger partial charge is 0.339 e. The Morgan fingerprint density at radius 1 is 0.895 bits per heavy atom. The molecule has 0 bridgehead atoms. The Balaban J connectivity index is 0.00000507. The summed E-state index contributed by atoms with van der Waals surface area (Å²) >= 11 is 0. The van der Waals surface area contributed by atoms with Crippen LogP contribution in [0, 0.1) is 11.8 Å². The van der Waals surface area contributed by atoms with Crippen LogP contribution in [0.1, 0.15) is 41.4 Å². The number of carbonyl (C=O) groups is 3. The van der Waals surface area contributed by atoms with E-state index < -0.39 is 23.9 Å². The van der Waals surface area contributed by atoms with Crippen LogP contribution in [0.5, 0.6) is 0 Å². The number of nitrogens with two attached hydrogens (primary N) is 1. The van der Waals surface area contributed by atoms with Gasteiger partial charge in [0.15, 0.2) is 0 Å². The summed E-state index contributed by atoms with van der Waals surface area (Å²) < 4.78 is 0. The highest BCUT2D eigenvalue weighted by molar-refractivity contribution is 5.97. The Bertz CT molecular complexity index is 1260. The van der Waals surface area contributed by atoms with E-state index in [1.807, 2.05) is 42.5 Å². The second kappa shape index (κ2) is 14.9. The molecule has 0 saturated carbocycles. The maximum absolute atomic E-state index is 12.4. The zero-order chi connectivity index (χ0) is 26.6. The van der Waals surface area contributed by atoms with Gasteiger partial charge in [0.1, 0.15) is 6.04 Å². The summed E-state index contributed by atoms with van der Waals surface area (Å²) in [5, 5.41) is 17.3. The molecular formula is C29H33N5O4. The number of nitrogens with one attached hydrogen (secondary N) is 4. The van der Waals surface area contributed by atoms with Crippen molar-refractivity contribution in [3.63, 3.8) is 0 Å². The number of amides is 3. The van der Waals surface area contributed by atoms with E-state index in [-0.39, 0.29) is 19.9 Å². The maximum Gasteiger partial charge on any atom is 0.267 e. The maximum atomic E-state index is 12.4. The van der Waals surface area contributed by atoms with Crippen molar-refractivity contribution in [3.05, 3.63) is 101 Å². The lowest BCUT2D eigenvalue weighted by molar-refractivity contribution is -0.131. The molecule has 0 radical (unpaired) electrons. The summed E-state index contributed by atoms with van der Waals surface area (Å²) in [5.74, 6) is 4.63.